The van der Waals surface area contributed by atoms with Crippen LogP contribution in [0.25, 0.3) is 33.7 Å². The predicted molar refractivity (Wildman–Crippen MR) is 154 cm³/mol. The van der Waals surface area contributed by atoms with Crippen LogP contribution in [-0.2, 0) is 0 Å². The summed E-state index contributed by atoms with van der Waals surface area (Å²) in [5, 5.41) is 1.12. The molecule has 0 fully saturated rings. The summed E-state index contributed by atoms with van der Waals surface area (Å²) < 4.78 is 0. The molecule has 0 unspecified atom stereocenters. The molecule has 4 rings (SSSR count). The molecule has 1 heteroatoms. The maximum absolute atomic E-state index is 4.66. The summed E-state index contributed by atoms with van der Waals surface area (Å²) >= 11 is 0. The molecule has 3 aromatic carbocycles. The second kappa shape index (κ2) is 10.8. The zero-order valence-corrected chi connectivity index (χ0v) is 20.8. The van der Waals surface area contributed by atoms with Gasteiger partial charge < -0.3 is 0 Å². The van der Waals surface area contributed by atoms with E-state index in [1.54, 1.807) is 0 Å². The van der Waals surface area contributed by atoms with Gasteiger partial charge in [0.2, 0.25) is 0 Å². The van der Waals surface area contributed by atoms with E-state index >= 15 is 0 Å². The third-order valence-corrected chi connectivity index (χ3v) is 6.25. The summed E-state index contributed by atoms with van der Waals surface area (Å²) in [4.78, 5) is 4.66. The van der Waals surface area contributed by atoms with E-state index in [4.69, 9.17) is 0 Å². The smallest absolute Gasteiger partial charge is 0.0737 e. The Morgan fingerprint density at radius 1 is 0.857 bits per heavy atom. The van der Waals surface area contributed by atoms with Crippen LogP contribution in [0.5, 0.6) is 0 Å². The van der Waals surface area contributed by atoms with Crippen LogP contribution in [0, 0.1) is 13.8 Å². The lowest BCUT2D eigenvalue weighted by molar-refractivity contribution is 1.35. The number of benzene rings is 3. The molecular weight excluding hydrogens is 422 g/mol. The highest BCUT2D eigenvalue weighted by Gasteiger charge is 2.13. The maximum atomic E-state index is 4.66. The third kappa shape index (κ3) is 5.47. The van der Waals surface area contributed by atoms with Gasteiger partial charge in [0, 0.05) is 11.6 Å². The van der Waals surface area contributed by atoms with Gasteiger partial charge in [-0.1, -0.05) is 104 Å². The first-order chi connectivity index (χ1) is 17.0. The second-order valence-corrected chi connectivity index (χ2v) is 8.82. The van der Waals surface area contributed by atoms with Crippen molar-refractivity contribution in [3.05, 3.63) is 150 Å². The van der Waals surface area contributed by atoms with Crippen molar-refractivity contribution in [1.82, 2.24) is 4.98 Å². The molecule has 1 heterocycles. The van der Waals surface area contributed by atoms with Crippen LogP contribution in [0.15, 0.2) is 116 Å². The van der Waals surface area contributed by atoms with E-state index in [-0.39, 0.29) is 0 Å². The Hall–Kier alpha value is -4.23. The van der Waals surface area contributed by atoms with E-state index in [1.165, 1.54) is 16.7 Å². The Labute approximate surface area is 209 Å². The van der Waals surface area contributed by atoms with Crippen LogP contribution in [0.1, 0.15) is 40.3 Å². The monoisotopic (exact) mass is 453 g/mol. The van der Waals surface area contributed by atoms with E-state index in [0.29, 0.717) is 0 Å². The van der Waals surface area contributed by atoms with Crippen molar-refractivity contribution < 1.29 is 0 Å². The normalized spacial score (nSPS) is 12.3. The number of hydrogen-bond donors (Lipinski definition) is 0. The third-order valence-electron chi connectivity index (χ3n) is 6.25. The van der Waals surface area contributed by atoms with Gasteiger partial charge in [0.25, 0.3) is 0 Å². The highest BCUT2D eigenvalue weighted by atomic mass is 14.6. The van der Waals surface area contributed by atoms with Crippen molar-refractivity contribution in [2.24, 2.45) is 0 Å². The quantitative estimate of drug-likeness (QED) is 0.254. The number of rotatable bonds is 7. The molecule has 0 aliphatic carbocycles. The van der Waals surface area contributed by atoms with Gasteiger partial charge in [0.15, 0.2) is 0 Å². The molecule has 0 spiro atoms. The van der Waals surface area contributed by atoms with Gasteiger partial charge in [-0.3, -0.25) is 4.98 Å². The Morgan fingerprint density at radius 2 is 1.60 bits per heavy atom. The van der Waals surface area contributed by atoms with Crippen molar-refractivity contribution in [2.45, 2.75) is 20.8 Å². The molecule has 0 aliphatic rings. The van der Waals surface area contributed by atoms with Crippen molar-refractivity contribution in [2.75, 3.05) is 0 Å². The number of allylic oxidation sites excluding steroid dienone is 7. The largest absolute Gasteiger partial charge is 0.256 e. The molecule has 0 radical (unpaired) electrons. The van der Waals surface area contributed by atoms with Gasteiger partial charge in [0.1, 0.15) is 0 Å². The summed E-state index contributed by atoms with van der Waals surface area (Å²) in [5.41, 5.74) is 11.3. The van der Waals surface area contributed by atoms with Gasteiger partial charge in [-0.15, -0.1) is 0 Å². The SMILES string of the molecule is C=C/C=C\c1c(C(/C=C(\C)c2ccc(C)cc2)=C/C(=C)c2ccccc2)cc2cccnc2c1C. The summed E-state index contributed by atoms with van der Waals surface area (Å²) in [5.74, 6) is 0. The fourth-order valence-corrected chi connectivity index (χ4v) is 4.28. The molecule has 35 heavy (non-hydrogen) atoms. The molecule has 0 saturated carbocycles. The van der Waals surface area contributed by atoms with Crippen LogP contribution >= 0.6 is 0 Å². The molecule has 0 bridgehead atoms. The number of aryl methyl sites for hydroxylation is 2. The standard InChI is InChI=1S/C34H31N/c1-6-7-15-32-27(5)34-30(14-11-20-35-34)23-33(32)31(21-25(3)28-12-9-8-10-13-28)22-26(4)29-18-16-24(2)17-19-29/h6-23H,1,3H2,2,4-5H3/b15-7-,26-22+,31-21+. The Bertz CT molecular complexity index is 1460. The summed E-state index contributed by atoms with van der Waals surface area (Å²) in [6, 6.07) is 25.3. The zero-order chi connectivity index (χ0) is 24.8. The zero-order valence-electron chi connectivity index (χ0n) is 20.8. The summed E-state index contributed by atoms with van der Waals surface area (Å²) in [6.07, 6.45) is 12.2. The topological polar surface area (TPSA) is 12.9 Å². The lowest BCUT2D eigenvalue weighted by atomic mass is 9.89. The number of hydrogen-bond acceptors (Lipinski definition) is 1. The first kappa shape index (κ1) is 23.9. The number of fused-ring (bicyclic) bond motifs is 1. The molecule has 4 aromatic rings. The minimum atomic E-state index is 0.969. The highest BCUT2D eigenvalue weighted by Crippen LogP contribution is 2.34. The van der Waals surface area contributed by atoms with Crippen LogP contribution in [0.3, 0.4) is 0 Å². The Kier molecular flexibility index (Phi) is 7.38. The summed E-state index contributed by atoms with van der Waals surface area (Å²) in [7, 11) is 0. The van der Waals surface area contributed by atoms with E-state index in [9.17, 15) is 0 Å². The Morgan fingerprint density at radius 3 is 2.31 bits per heavy atom. The van der Waals surface area contributed by atoms with E-state index in [2.05, 4.69) is 106 Å². The fourth-order valence-electron chi connectivity index (χ4n) is 4.28. The maximum Gasteiger partial charge on any atom is 0.0737 e. The van der Waals surface area contributed by atoms with Gasteiger partial charge in [-0.05, 0) is 83.5 Å². The van der Waals surface area contributed by atoms with Crippen molar-refractivity contribution in [3.8, 4) is 0 Å². The molecule has 0 amide bonds. The van der Waals surface area contributed by atoms with E-state index in [0.717, 1.165) is 44.3 Å². The minimum absolute atomic E-state index is 0.969. The van der Waals surface area contributed by atoms with E-state index < -0.39 is 0 Å². The first-order valence-corrected chi connectivity index (χ1v) is 11.9. The van der Waals surface area contributed by atoms with Crippen molar-refractivity contribution in [3.63, 3.8) is 0 Å². The van der Waals surface area contributed by atoms with Gasteiger partial charge in [0.05, 0.1) is 5.52 Å². The second-order valence-electron chi connectivity index (χ2n) is 8.82. The number of aromatic nitrogens is 1. The lowest BCUT2D eigenvalue weighted by Gasteiger charge is -2.16. The van der Waals surface area contributed by atoms with Crippen LogP contribution in [0.2, 0.25) is 0 Å². The minimum Gasteiger partial charge on any atom is -0.256 e. The number of nitrogens with zero attached hydrogens (tertiary/aromatic N) is 1. The van der Waals surface area contributed by atoms with Gasteiger partial charge in [-0.25, -0.2) is 0 Å². The van der Waals surface area contributed by atoms with Crippen molar-refractivity contribution >= 4 is 33.7 Å². The number of pyridine rings is 1. The molecule has 172 valence electrons. The fraction of sp³-hybridized carbons (Fsp3) is 0.0882. The van der Waals surface area contributed by atoms with Crippen LogP contribution in [-0.4, -0.2) is 4.98 Å². The molecular formula is C34H31N. The average Bonchev–Trinajstić information content (AvgIpc) is 2.88. The van der Waals surface area contributed by atoms with Gasteiger partial charge in [-0.2, -0.15) is 0 Å². The molecule has 0 N–H and O–H groups in total. The molecule has 0 saturated heterocycles. The molecule has 0 atom stereocenters. The average molecular weight is 454 g/mol. The molecule has 1 aromatic heterocycles. The van der Waals surface area contributed by atoms with Crippen LogP contribution < -0.4 is 0 Å². The Balaban J connectivity index is 1.97. The van der Waals surface area contributed by atoms with Crippen molar-refractivity contribution in [1.29, 1.82) is 0 Å². The van der Waals surface area contributed by atoms with Gasteiger partial charge >= 0.3 is 0 Å². The summed E-state index contributed by atoms with van der Waals surface area (Å²) in [6.45, 7) is 14.7. The lowest BCUT2D eigenvalue weighted by Crippen LogP contribution is -1.96. The predicted octanol–water partition coefficient (Wildman–Crippen LogP) is 9.25. The first-order valence-electron chi connectivity index (χ1n) is 11.9. The molecule has 1 nitrogen and oxygen atoms in total. The van der Waals surface area contributed by atoms with Crippen LogP contribution in [0.4, 0.5) is 0 Å². The highest BCUT2D eigenvalue weighted by molar-refractivity contribution is 5.98. The van der Waals surface area contributed by atoms with E-state index in [1.807, 2.05) is 42.6 Å². The molecule has 0 aliphatic heterocycles.